The average Bonchev–Trinajstić information content (AvgIpc) is 2.76. The molecule has 1 aliphatic carbocycles. The first kappa shape index (κ1) is 13.4. The molecule has 0 radical (unpaired) electrons. The maximum atomic E-state index is 10.3. The van der Waals surface area contributed by atoms with E-state index in [2.05, 4.69) is 19.9 Å². The average molecular weight is 248 g/mol. The van der Waals surface area contributed by atoms with Crippen LogP contribution in [0.4, 0.5) is 0 Å². The lowest BCUT2D eigenvalue weighted by atomic mass is 9.93. The van der Waals surface area contributed by atoms with Crippen LogP contribution in [-0.4, -0.2) is 11.2 Å². The minimum atomic E-state index is -0.855. The van der Waals surface area contributed by atoms with E-state index in [4.69, 9.17) is 4.74 Å². The smallest absolute Gasteiger partial charge is 0.128 e. The molecule has 0 saturated heterocycles. The fourth-order valence-corrected chi connectivity index (χ4v) is 2.60. The van der Waals surface area contributed by atoms with Gasteiger partial charge < -0.3 is 9.84 Å². The Morgan fingerprint density at radius 1 is 1.17 bits per heavy atom. The number of benzene rings is 1. The highest BCUT2D eigenvalue weighted by molar-refractivity contribution is 5.47. The van der Waals surface area contributed by atoms with Crippen LogP contribution < -0.4 is 4.74 Å². The van der Waals surface area contributed by atoms with Crippen molar-refractivity contribution in [2.45, 2.75) is 65.1 Å². The van der Waals surface area contributed by atoms with Gasteiger partial charge >= 0.3 is 0 Å². The number of rotatable bonds is 3. The maximum Gasteiger partial charge on any atom is 0.128 e. The molecule has 2 rings (SSSR count). The summed E-state index contributed by atoms with van der Waals surface area (Å²) in [5.74, 6) is 0.898. The van der Waals surface area contributed by atoms with Gasteiger partial charge in [-0.15, -0.1) is 0 Å². The van der Waals surface area contributed by atoms with Crippen molar-refractivity contribution in [3.05, 3.63) is 28.8 Å². The molecular formula is C16H24O2. The van der Waals surface area contributed by atoms with E-state index in [9.17, 15) is 5.11 Å². The second-order valence-electron chi connectivity index (χ2n) is 5.97. The van der Waals surface area contributed by atoms with Crippen LogP contribution >= 0.6 is 0 Å². The molecule has 1 aliphatic rings. The molecule has 0 amide bonds. The summed E-state index contributed by atoms with van der Waals surface area (Å²) in [4.78, 5) is 0. The van der Waals surface area contributed by atoms with Crippen molar-refractivity contribution >= 4 is 0 Å². The molecule has 2 nitrogen and oxygen atoms in total. The quantitative estimate of drug-likeness (QED) is 0.880. The molecule has 1 saturated carbocycles. The number of hydrogen-bond acceptors (Lipinski definition) is 2. The molecule has 100 valence electrons. The molecule has 0 aromatic heterocycles. The number of hydrogen-bond donors (Lipinski definition) is 1. The summed E-state index contributed by atoms with van der Waals surface area (Å²) < 4.78 is 6.18. The number of aliphatic hydroxyl groups is 1. The van der Waals surface area contributed by atoms with Gasteiger partial charge in [0, 0.05) is 5.56 Å². The monoisotopic (exact) mass is 248 g/mol. The minimum absolute atomic E-state index is 0.326. The number of aryl methyl sites for hydroxylation is 1. The van der Waals surface area contributed by atoms with Gasteiger partial charge in [0.2, 0.25) is 0 Å². The molecule has 1 aromatic carbocycles. The Morgan fingerprint density at radius 2 is 1.78 bits per heavy atom. The maximum absolute atomic E-state index is 10.3. The molecule has 0 atom stereocenters. The lowest BCUT2D eigenvalue weighted by Gasteiger charge is -2.26. The van der Waals surface area contributed by atoms with E-state index in [-0.39, 0.29) is 0 Å². The highest BCUT2D eigenvalue weighted by Gasteiger charge is 2.26. The van der Waals surface area contributed by atoms with Gasteiger partial charge in [-0.3, -0.25) is 0 Å². The van der Waals surface area contributed by atoms with Crippen LogP contribution in [0.5, 0.6) is 5.75 Å². The topological polar surface area (TPSA) is 29.5 Å². The summed E-state index contributed by atoms with van der Waals surface area (Å²) in [7, 11) is 0. The normalized spacial score (nSPS) is 17.2. The summed E-state index contributed by atoms with van der Waals surface area (Å²) in [5.41, 5.74) is 2.42. The SMILES string of the molecule is Cc1ccc(C(C)(C)O)c(OC2CCCC2)c1C. The van der Waals surface area contributed by atoms with Gasteiger partial charge in [0.1, 0.15) is 5.75 Å². The lowest BCUT2D eigenvalue weighted by Crippen LogP contribution is -2.21. The van der Waals surface area contributed by atoms with Crippen LogP contribution in [0.1, 0.15) is 56.2 Å². The first-order valence-electron chi connectivity index (χ1n) is 6.89. The van der Waals surface area contributed by atoms with Crippen molar-refractivity contribution in [2.24, 2.45) is 0 Å². The molecule has 18 heavy (non-hydrogen) atoms. The zero-order valence-electron chi connectivity index (χ0n) is 11.9. The second kappa shape index (κ2) is 4.93. The summed E-state index contributed by atoms with van der Waals surface area (Å²) >= 11 is 0. The third-order valence-electron chi connectivity index (χ3n) is 3.92. The van der Waals surface area contributed by atoms with Gasteiger partial charge in [-0.2, -0.15) is 0 Å². The van der Waals surface area contributed by atoms with Crippen molar-refractivity contribution in [1.29, 1.82) is 0 Å². The molecule has 0 spiro atoms. The number of ether oxygens (including phenoxy) is 1. The Kier molecular flexibility index (Phi) is 3.67. The predicted octanol–water partition coefficient (Wildman–Crippen LogP) is 3.85. The van der Waals surface area contributed by atoms with Gasteiger partial charge in [-0.1, -0.05) is 12.1 Å². The fourth-order valence-electron chi connectivity index (χ4n) is 2.60. The van der Waals surface area contributed by atoms with Gasteiger partial charge in [0.25, 0.3) is 0 Å². The zero-order chi connectivity index (χ0) is 13.3. The molecule has 0 aliphatic heterocycles. The van der Waals surface area contributed by atoms with Crippen LogP contribution in [-0.2, 0) is 5.60 Å². The standard InChI is InChI=1S/C16H24O2/c1-11-9-10-14(16(3,4)17)15(12(11)2)18-13-7-5-6-8-13/h9-10,13,17H,5-8H2,1-4H3. The highest BCUT2D eigenvalue weighted by atomic mass is 16.5. The molecule has 1 aromatic rings. The molecule has 1 fully saturated rings. The predicted molar refractivity (Wildman–Crippen MR) is 74.0 cm³/mol. The Morgan fingerprint density at radius 3 is 2.33 bits per heavy atom. The van der Waals surface area contributed by atoms with E-state index in [0.29, 0.717) is 6.10 Å². The second-order valence-corrected chi connectivity index (χ2v) is 5.97. The Balaban J connectivity index is 2.38. The molecule has 0 unspecified atom stereocenters. The van der Waals surface area contributed by atoms with E-state index >= 15 is 0 Å². The van der Waals surface area contributed by atoms with Crippen LogP contribution in [0, 0.1) is 13.8 Å². The Bertz CT molecular complexity index is 423. The van der Waals surface area contributed by atoms with E-state index in [1.54, 1.807) is 0 Å². The van der Waals surface area contributed by atoms with E-state index in [0.717, 1.165) is 29.7 Å². The molecule has 0 bridgehead atoms. The largest absolute Gasteiger partial charge is 0.490 e. The van der Waals surface area contributed by atoms with Gasteiger partial charge in [-0.05, 0) is 64.5 Å². The van der Waals surface area contributed by atoms with Crippen molar-refractivity contribution in [3.63, 3.8) is 0 Å². The van der Waals surface area contributed by atoms with Gasteiger partial charge in [0.05, 0.1) is 11.7 Å². The van der Waals surface area contributed by atoms with Crippen molar-refractivity contribution < 1.29 is 9.84 Å². The van der Waals surface area contributed by atoms with Gasteiger partial charge in [-0.25, -0.2) is 0 Å². The highest BCUT2D eigenvalue weighted by Crippen LogP contribution is 2.36. The summed E-state index contributed by atoms with van der Waals surface area (Å²) in [6.07, 6.45) is 5.12. The molecule has 0 heterocycles. The van der Waals surface area contributed by atoms with Crippen molar-refractivity contribution in [2.75, 3.05) is 0 Å². The summed E-state index contributed by atoms with van der Waals surface area (Å²) in [5, 5.41) is 10.3. The zero-order valence-corrected chi connectivity index (χ0v) is 11.9. The lowest BCUT2D eigenvalue weighted by molar-refractivity contribution is 0.0720. The van der Waals surface area contributed by atoms with Crippen LogP contribution in [0.25, 0.3) is 0 Å². The van der Waals surface area contributed by atoms with Crippen LogP contribution in [0.15, 0.2) is 12.1 Å². The van der Waals surface area contributed by atoms with E-state index in [1.165, 1.54) is 18.4 Å². The van der Waals surface area contributed by atoms with E-state index < -0.39 is 5.60 Å². The third kappa shape index (κ3) is 2.69. The van der Waals surface area contributed by atoms with Crippen molar-refractivity contribution in [3.8, 4) is 5.75 Å². The Hall–Kier alpha value is -1.02. The fraction of sp³-hybridized carbons (Fsp3) is 0.625. The molecule has 2 heteroatoms. The Labute approximate surface area is 110 Å². The van der Waals surface area contributed by atoms with Crippen LogP contribution in [0.3, 0.4) is 0 Å². The molecular weight excluding hydrogens is 224 g/mol. The van der Waals surface area contributed by atoms with E-state index in [1.807, 2.05) is 19.9 Å². The van der Waals surface area contributed by atoms with Crippen LogP contribution in [0.2, 0.25) is 0 Å². The first-order valence-corrected chi connectivity index (χ1v) is 6.89. The molecule has 1 N–H and O–H groups in total. The van der Waals surface area contributed by atoms with Crippen molar-refractivity contribution in [1.82, 2.24) is 0 Å². The first-order chi connectivity index (χ1) is 8.39. The third-order valence-corrected chi connectivity index (χ3v) is 3.92. The summed E-state index contributed by atoms with van der Waals surface area (Å²) in [6.45, 7) is 7.80. The van der Waals surface area contributed by atoms with Gasteiger partial charge in [0.15, 0.2) is 0 Å². The summed E-state index contributed by atoms with van der Waals surface area (Å²) in [6, 6.07) is 4.05. The minimum Gasteiger partial charge on any atom is -0.490 e.